The number of benzene rings is 2. The second-order valence-corrected chi connectivity index (χ2v) is 7.76. The van der Waals surface area contributed by atoms with Crippen molar-refractivity contribution in [2.75, 3.05) is 51.3 Å². The molecule has 0 atom stereocenters. The van der Waals surface area contributed by atoms with Crippen LogP contribution in [0.4, 0.5) is 5.69 Å². The summed E-state index contributed by atoms with van der Waals surface area (Å²) < 4.78 is 10.9. The number of nitrogens with zero attached hydrogens (tertiary/aromatic N) is 2. The standard InChI is InChI=1S/C24H28ClN3O4/c1-3-5-18-8-9-21(22(14-18)31-2)32-17-23(29)26-16-24(30)28-12-10-27(11-13-28)20-7-4-6-19(25)15-20/h3-9,14-15H,10-13,16-17H2,1-2H3,(H,26,29)/b5-3+. The van der Waals surface area contributed by atoms with Gasteiger partial charge < -0.3 is 24.6 Å². The molecule has 0 saturated carbocycles. The first-order chi connectivity index (χ1) is 15.5. The van der Waals surface area contributed by atoms with Gasteiger partial charge in [0.25, 0.3) is 5.91 Å². The van der Waals surface area contributed by atoms with Crippen LogP contribution in [0.25, 0.3) is 6.08 Å². The molecule has 1 aliphatic rings. The molecule has 1 N–H and O–H groups in total. The average Bonchev–Trinajstić information content (AvgIpc) is 2.82. The Morgan fingerprint density at radius 1 is 1.09 bits per heavy atom. The monoisotopic (exact) mass is 457 g/mol. The zero-order valence-electron chi connectivity index (χ0n) is 18.3. The Bertz CT molecular complexity index is 971. The van der Waals surface area contributed by atoms with Crippen LogP contribution in [0.5, 0.6) is 11.5 Å². The second-order valence-electron chi connectivity index (χ2n) is 7.32. The van der Waals surface area contributed by atoms with Crippen LogP contribution in [0.2, 0.25) is 5.02 Å². The number of rotatable bonds is 8. The van der Waals surface area contributed by atoms with Gasteiger partial charge in [-0.3, -0.25) is 9.59 Å². The molecular weight excluding hydrogens is 430 g/mol. The van der Waals surface area contributed by atoms with Gasteiger partial charge in [-0.15, -0.1) is 0 Å². The van der Waals surface area contributed by atoms with E-state index in [1.54, 1.807) is 18.1 Å². The van der Waals surface area contributed by atoms with Crippen molar-refractivity contribution < 1.29 is 19.1 Å². The van der Waals surface area contributed by atoms with E-state index in [4.69, 9.17) is 21.1 Å². The van der Waals surface area contributed by atoms with Crippen molar-refractivity contribution in [3.05, 3.63) is 59.1 Å². The Hall–Kier alpha value is -3.19. The molecule has 7 nitrogen and oxygen atoms in total. The fraction of sp³-hybridized carbons (Fsp3) is 0.333. The normalized spacial score (nSPS) is 13.8. The fourth-order valence-corrected chi connectivity index (χ4v) is 3.65. The quantitative estimate of drug-likeness (QED) is 0.659. The maximum absolute atomic E-state index is 12.5. The molecule has 0 bridgehead atoms. The lowest BCUT2D eigenvalue weighted by atomic mass is 10.2. The lowest BCUT2D eigenvalue weighted by Gasteiger charge is -2.36. The highest BCUT2D eigenvalue weighted by molar-refractivity contribution is 6.30. The summed E-state index contributed by atoms with van der Waals surface area (Å²) in [6.45, 7) is 4.28. The Kier molecular flexibility index (Phi) is 8.39. The van der Waals surface area contributed by atoms with Crippen LogP contribution in [0.1, 0.15) is 12.5 Å². The van der Waals surface area contributed by atoms with Crippen molar-refractivity contribution in [1.29, 1.82) is 0 Å². The molecule has 2 aromatic carbocycles. The lowest BCUT2D eigenvalue weighted by Crippen LogP contribution is -2.51. The highest BCUT2D eigenvalue weighted by Gasteiger charge is 2.21. The van der Waals surface area contributed by atoms with Crippen molar-refractivity contribution in [2.24, 2.45) is 0 Å². The summed E-state index contributed by atoms with van der Waals surface area (Å²) in [5, 5.41) is 3.32. The first kappa shape index (κ1) is 23.5. The molecule has 1 aliphatic heterocycles. The zero-order chi connectivity index (χ0) is 22.9. The molecule has 0 aliphatic carbocycles. The number of carbonyl (C=O) groups excluding carboxylic acids is 2. The van der Waals surface area contributed by atoms with Crippen LogP contribution in [0.15, 0.2) is 48.5 Å². The number of carbonyl (C=O) groups is 2. The van der Waals surface area contributed by atoms with Crippen LogP contribution in [0, 0.1) is 0 Å². The first-order valence-corrected chi connectivity index (χ1v) is 10.9. The van der Waals surface area contributed by atoms with Gasteiger partial charge in [0.2, 0.25) is 5.91 Å². The number of nitrogens with one attached hydrogen (secondary N) is 1. The first-order valence-electron chi connectivity index (χ1n) is 10.5. The van der Waals surface area contributed by atoms with Crippen molar-refractivity contribution in [3.8, 4) is 11.5 Å². The molecule has 32 heavy (non-hydrogen) atoms. The van der Waals surface area contributed by atoms with Gasteiger partial charge in [-0.25, -0.2) is 0 Å². The Morgan fingerprint density at radius 3 is 2.56 bits per heavy atom. The maximum Gasteiger partial charge on any atom is 0.258 e. The summed E-state index contributed by atoms with van der Waals surface area (Å²) in [7, 11) is 1.55. The molecule has 1 heterocycles. The fourth-order valence-electron chi connectivity index (χ4n) is 3.47. The van der Waals surface area contributed by atoms with E-state index < -0.39 is 0 Å². The summed E-state index contributed by atoms with van der Waals surface area (Å²) in [6, 6.07) is 13.1. The molecule has 0 spiro atoms. The summed E-state index contributed by atoms with van der Waals surface area (Å²) in [5.74, 6) is 0.536. The minimum atomic E-state index is -0.365. The van der Waals surface area contributed by atoms with Crippen molar-refractivity contribution in [3.63, 3.8) is 0 Å². The predicted octanol–water partition coefficient (Wildman–Crippen LogP) is 3.23. The molecule has 0 unspecified atom stereocenters. The van der Waals surface area contributed by atoms with Gasteiger partial charge in [0.15, 0.2) is 18.1 Å². The largest absolute Gasteiger partial charge is 0.493 e. The van der Waals surface area contributed by atoms with Crippen LogP contribution in [0.3, 0.4) is 0 Å². The number of hydrogen-bond donors (Lipinski definition) is 1. The number of allylic oxidation sites excluding steroid dienone is 1. The highest BCUT2D eigenvalue weighted by atomic mass is 35.5. The lowest BCUT2D eigenvalue weighted by molar-refractivity contribution is -0.133. The van der Waals surface area contributed by atoms with Gasteiger partial charge in [-0.2, -0.15) is 0 Å². The smallest absolute Gasteiger partial charge is 0.258 e. The second kappa shape index (κ2) is 11.4. The van der Waals surface area contributed by atoms with Gasteiger partial charge in [0, 0.05) is 36.9 Å². The maximum atomic E-state index is 12.5. The van der Waals surface area contributed by atoms with Crippen molar-refractivity contribution in [1.82, 2.24) is 10.2 Å². The molecule has 1 fully saturated rings. The highest BCUT2D eigenvalue weighted by Crippen LogP contribution is 2.28. The number of halogens is 1. The van der Waals surface area contributed by atoms with Crippen LogP contribution in [-0.4, -0.2) is 63.2 Å². The average molecular weight is 458 g/mol. The van der Waals surface area contributed by atoms with Gasteiger partial charge in [-0.1, -0.05) is 35.9 Å². The summed E-state index contributed by atoms with van der Waals surface area (Å²) in [4.78, 5) is 28.6. The van der Waals surface area contributed by atoms with E-state index in [9.17, 15) is 9.59 Å². The number of amides is 2. The summed E-state index contributed by atoms with van der Waals surface area (Å²) >= 11 is 6.06. The number of hydrogen-bond acceptors (Lipinski definition) is 5. The van der Waals surface area contributed by atoms with E-state index in [0.29, 0.717) is 42.7 Å². The molecule has 0 aromatic heterocycles. The number of methoxy groups -OCH3 is 1. The number of ether oxygens (including phenoxy) is 2. The molecule has 1 saturated heterocycles. The van der Waals surface area contributed by atoms with Crippen molar-refractivity contribution in [2.45, 2.75) is 6.92 Å². The zero-order valence-corrected chi connectivity index (χ0v) is 19.1. The minimum absolute atomic E-state index is 0.0588. The van der Waals surface area contributed by atoms with E-state index in [-0.39, 0.29) is 25.0 Å². The van der Waals surface area contributed by atoms with E-state index in [1.165, 1.54) is 0 Å². The topological polar surface area (TPSA) is 71.1 Å². The molecule has 8 heteroatoms. The Morgan fingerprint density at radius 2 is 1.88 bits per heavy atom. The number of anilines is 1. The summed E-state index contributed by atoms with van der Waals surface area (Å²) in [5.41, 5.74) is 2.02. The van der Waals surface area contributed by atoms with Gasteiger partial charge in [0.05, 0.1) is 13.7 Å². The molecular formula is C24H28ClN3O4. The van der Waals surface area contributed by atoms with E-state index in [2.05, 4.69) is 10.2 Å². The van der Waals surface area contributed by atoms with Gasteiger partial charge >= 0.3 is 0 Å². The van der Waals surface area contributed by atoms with Crippen LogP contribution >= 0.6 is 11.6 Å². The Labute approximate surface area is 193 Å². The predicted molar refractivity (Wildman–Crippen MR) is 126 cm³/mol. The third-order valence-corrected chi connectivity index (χ3v) is 5.38. The molecule has 2 aromatic rings. The van der Waals surface area contributed by atoms with Crippen LogP contribution in [-0.2, 0) is 9.59 Å². The van der Waals surface area contributed by atoms with Crippen molar-refractivity contribution >= 4 is 35.2 Å². The molecule has 0 radical (unpaired) electrons. The number of piperazine rings is 1. The third kappa shape index (κ3) is 6.40. The van der Waals surface area contributed by atoms with E-state index in [0.717, 1.165) is 11.3 Å². The van der Waals surface area contributed by atoms with Gasteiger partial charge in [0.1, 0.15) is 0 Å². The van der Waals surface area contributed by atoms with E-state index in [1.807, 2.05) is 55.5 Å². The molecule has 170 valence electrons. The van der Waals surface area contributed by atoms with Gasteiger partial charge in [-0.05, 0) is 42.8 Å². The SMILES string of the molecule is C/C=C/c1ccc(OCC(=O)NCC(=O)N2CCN(c3cccc(Cl)c3)CC2)c(OC)c1. The van der Waals surface area contributed by atoms with Crippen LogP contribution < -0.4 is 19.7 Å². The van der Waals surface area contributed by atoms with E-state index >= 15 is 0 Å². The minimum Gasteiger partial charge on any atom is -0.493 e. The summed E-state index contributed by atoms with van der Waals surface area (Å²) in [6.07, 6.45) is 3.87. The molecule has 3 rings (SSSR count). The third-order valence-electron chi connectivity index (χ3n) is 5.15. The molecule has 2 amide bonds. The Balaban J connectivity index is 1.42.